The Balaban J connectivity index is 1.51. The molecule has 1 fully saturated rings. The first-order valence-electron chi connectivity index (χ1n) is 10.8. The number of aromatic nitrogens is 2. The first-order valence-corrected chi connectivity index (χ1v) is 10.8. The van der Waals surface area contributed by atoms with Crippen molar-refractivity contribution in [1.29, 1.82) is 0 Å². The van der Waals surface area contributed by atoms with E-state index in [-0.39, 0.29) is 24.2 Å². The molecule has 4 rings (SSSR count). The molecule has 3 aromatic rings. The standard InChI is InChI=1S/C24H25FN6O2/c25-19-5-1-3-17(13-19)8-10-28-23-20(24(33)29-15-18-4-2-9-26-14-18)6-7-21(30-23)31-12-11-27-16-22(31)32/h1-7,9,13-14,27H,8,10-12,15-16H2,(H,28,30)(H,29,33). The number of carbonyl (C=O) groups excluding carboxylic acids is 2. The van der Waals surface area contributed by atoms with Crippen LogP contribution in [-0.4, -0.2) is 48.0 Å². The maximum absolute atomic E-state index is 13.5. The number of nitrogens with one attached hydrogen (secondary N) is 3. The van der Waals surface area contributed by atoms with Crippen LogP contribution in [0, 0.1) is 5.82 Å². The summed E-state index contributed by atoms with van der Waals surface area (Å²) < 4.78 is 13.5. The predicted octanol–water partition coefficient (Wildman–Crippen LogP) is 2.14. The Hall–Kier alpha value is -3.85. The highest BCUT2D eigenvalue weighted by Crippen LogP contribution is 2.21. The average Bonchev–Trinajstić information content (AvgIpc) is 2.83. The molecule has 0 bridgehead atoms. The Morgan fingerprint density at radius 3 is 2.82 bits per heavy atom. The van der Waals surface area contributed by atoms with Gasteiger partial charge in [0.15, 0.2) is 0 Å². The highest BCUT2D eigenvalue weighted by atomic mass is 19.1. The average molecular weight is 449 g/mol. The van der Waals surface area contributed by atoms with Crippen LogP contribution in [0.1, 0.15) is 21.5 Å². The molecule has 0 radical (unpaired) electrons. The largest absolute Gasteiger partial charge is 0.369 e. The third-order valence-electron chi connectivity index (χ3n) is 5.26. The summed E-state index contributed by atoms with van der Waals surface area (Å²) in [5.41, 5.74) is 2.07. The lowest BCUT2D eigenvalue weighted by atomic mass is 10.1. The molecule has 0 unspecified atom stereocenters. The lowest BCUT2D eigenvalue weighted by molar-refractivity contribution is -0.118. The van der Waals surface area contributed by atoms with E-state index >= 15 is 0 Å². The van der Waals surface area contributed by atoms with E-state index in [0.717, 1.165) is 11.1 Å². The molecule has 0 atom stereocenters. The van der Waals surface area contributed by atoms with Crippen LogP contribution in [0.2, 0.25) is 0 Å². The van der Waals surface area contributed by atoms with Gasteiger partial charge in [-0.2, -0.15) is 0 Å². The molecule has 170 valence electrons. The molecule has 2 aromatic heterocycles. The van der Waals surface area contributed by atoms with Crippen LogP contribution in [0.25, 0.3) is 0 Å². The van der Waals surface area contributed by atoms with Crippen LogP contribution >= 0.6 is 0 Å². The summed E-state index contributed by atoms with van der Waals surface area (Å²) in [5.74, 6) is 0.198. The maximum atomic E-state index is 13.5. The van der Waals surface area contributed by atoms with E-state index in [4.69, 9.17) is 0 Å². The molecule has 3 heterocycles. The zero-order valence-corrected chi connectivity index (χ0v) is 18.1. The SMILES string of the molecule is O=C(NCc1cccnc1)c1ccc(N2CCNCC2=O)nc1NCCc1cccc(F)c1. The van der Waals surface area contributed by atoms with Gasteiger partial charge >= 0.3 is 0 Å². The molecule has 0 saturated carbocycles. The van der Waals surface area contributed by atoms with Gasteiger partial charge in [0.2, 0.25) is 5.91 Å². The Morgan fingerprint density at radius 2 is 2.03 bits per heavy atom. The smallest absolute Gasteiger partial charge is 0.255 e. The number of carbonyl (C=O) groups is 2. The summed E-state index contributed by atoms with van der Waals surface area (Å²) in [6, 6.07) is 13.4. The van der Waals surface area contributed by atoms with Gasteiger partial charge in [-0.1, -0.05) is 18.2 Å². The monoisotopic (exact) mass is 448 g/mol. The fraction of sp³-hybridized carbons (Fsp3) is 0.250. The van der Waals surface area contributed by atoms with Crippen molar-refractivity contribution in [3.63, 3.8) is 0 Å². The fourth-order valence-corrected chi connectivity index (χ4v) is 3.56. The first-order chi connectivity index (χ1) is 16.1. The van der Waals surface area contributed by atoms with Crippen molar-refractivity contribution in [2.45, 2.75) is 13.0 Å². The topological polar surface area (TPSA) is 99.3 Å². The zero-order valence-electron chi connectivity index (χ0n) is 18.1. The molecule has 1 aromatic carbocycles. The number of anilines is 2. The van der Waals surface area contributed by atoms with E-state index in [0.29, 0.717) is 49.8 Å². The molecular weight excluding hydrogens is 423 g/mol. The highest BCUT2D eigenvalue weighted by Gasteiger charge is 2.22. The van der Waals surface area contributed by atoms with Gasteiger partial charge in [0.05, 0.1) is 12.1 Å². The second-order valence-electron chi connectivity index (χ2n) is 7.64. The molecule has 3 N–H and O–H groups in total. The number of rotatable bonds is 8. The summed E-state index contributed by atoms with van der Waals surface area (Å²) in [5, 5.41) is 9.11. The van der Waals surface area contributed by atoms with Crippen LogP contribution in [0.3, 0.4) is 0 Å². The van der Waals surface area contributed by atoms with Crippen molar-refractivity contribution >= 4 is 23.5 Å². The lowest BCUT2D eigenvalue weighted by Crippen LogP contribution is -2.48. The van der Waals surface area contributed by atoms with Crippen LogP contribution < -0.4 is 20.9 Å². The summed E-state index contributed by atoms with van der Waals surface area (Å²) in [7, 11) is 0. The number of halogens is 1. The molecule has 1 aliphatic rings. The number of amides is 2. The van der Waals surface area contributed by atoms with Gasteiger partial charge in [0, 0.05) is 38.6 Å². The van der Waals surface area contributed by atoms with Gasteiger partial charge in [-0.25, -0.2) is 9.37 Å². The normalized spacial score (nSPS) is 13.6. The van der Waals surface area contributed by atoms with Crippen LogP contribution in [0.5, 0.6) is 0 Å². The summed E-state index contributed by atoms with van der Waals surface area (Å²) in [6.07, 6.45) is 3.91. The van der Waals surface area contributed by atoms with E-state index in [2.05, 4.69) is 25.9 Å². The van der Waals surface area contributed by atoms with Gasteiger partial charge in [0.1, 0.15) is 17.5 Å². The Morgan fingerprint density at radius 1 is 1.15 bits per heavy atom. The van der Waals surface area contributed by atoms with Gasteiger partial charge in [-0.3, -0.25) is 19.5 Å². The molecular formula is C24H25FN6O2. The molecule has 8 nitrogen and oxygen atoms in total. The molecule has 0 aliphatic carbocycles. The van der Waals surface area contributed by atoms with Gasteiger partial charge in [-0.05, 0) is 47.9 Å². The number of hydrogen-bond donors (Lipinski definition) is 3. The number of piperazine rings is 1. The quantitative estimate of drug-likeness (QED) is 0.488. The van der Waals surface area contributed by atoms with Gasteiger partial charge in [-0.15, -0.1) is 0 Å². The first kappa shape index (κ1) is 22.3. The van der Waals surface area contributed by atoms with E-state index in [9.17, 15) is 14.0 Å². The summed E-state index contributed by atoms with van der Waals surface area (Å²) in [4.78, 5) is 35.5. The number of nitrogens with zero attached hydrogens (tertiary/aromatic N) is 3. The summed E-state index contributed by atoms with van der Waals surface area (Å²) in [6.45, 7) is 2.19. The predicted molar refractivity (Wildman–Crippen MR) is 123 cm³/mol. The molecule has 2 amide bonds. The second-order valence-corrected chi connectivity index (χ2v) is 7.64. The van der Waals surface area contributed by atoms with Gasteiger partial charge < -0.3 is 16.0 Å². The van der Waals surface area contributed by atoms with Crippen molar-refractivity contribution in [2.75, 3.05) is 36.4 Å². The summed E-state index contributed by atoms with van der Waals surface area (Å²) >= 11 is 0. The molecule has 33 heavy (non-hydrogen) atoms. The van der Waals surface area contributed by atoms with E-state index in [1.54, 1.807) is 35.5 Å². The Labute approximate surface area is 191 Å². The number of pyridine rings is 2. The minimum atomic E-state index is -0.294. The van der Waals surface area contributed by atoms with Crippen molar-refractivity contribution in [3.8, 4) is 0 Å². The van der Waals surface area contributed by atoms with Crippen molar-refractivity contribution in [2.24, 2.45) is 0 Å². The fourth-order valence-electron chi connectivity index (χ4n) is 3.56. The minimum absolute atomic E-state index is 0.0757. The van der Waals surface area contributed by atoms with Gasteiger partial charge in [0.25, 0.3) is 5.91 Å². The second kappa shape index (κ2) is 10.6. The lowest BCUT2D eigenvalue weighted by Gasteiger charge is -2.27. The van der Waals surface area contributed by atoms with Crippen LogP contribution in [-0.2, 0) is 17.8 Å². The molecule has 1 aliphatic heterocycles. The van der Waals surface area contributed by atoms with E-state index in [1.807, 2.05) is 18.2 Å². The third kappa shape index (κ3) is 5.89. The molecule has 1 saturated heterocycles. The van der Waals surface area contributed by atoms with Crippen molar-refractivity contribution < 1.29 is 14.0 Å². The molecule has 9 heteroatoms. The Kier molecular flexibility index (Phi) is 7.21. The van der Waals surface area contributed by atoms with E-state index in [1.165, 1.54) is 12.1 Å². The molecule has 0 spiro atoms. The van der Waals surface area contributed by atoms with Crippen LogP contribution in [0.4, 0.5) is 16.0 Å². The van der Waals surface area contributed by atoms with Crippen molar-refractivity contribution in [3.05, 3.63) is 83.4 Å². The zero-order chi connectivity index (χ0) is 23.0. The van der Waals surface area contributed by atoms with Crippen molar-refractivity contribution in [1.82, 2.24) is 20.6 Å². The third-order valence-corrected chi connectivity index (χ3v) is 5.26. The maximum Gasteiger partial charge on any atom is 0.255 e. The minimum Gasteiger partial charge on any atom is -0.369 e. The Bertz CT molecular complexity index is 1120. The highest BCUT2D eigenvalue weighted by molar-refractivity contribution is 6.00. The number of hydrogen-bond acceptors (Lipinski definition) is 6. The van der Waals surface area contributed by atoms with E-state index < -0.39 is 0 Å². The number of benzene rings is 1. The van der Waals surface area contributed by atoms with Crippen LogP contribution in [0.15, 0.2) is 60.9 Å².